The van der Waals surface area contributed by atoms with Crippen LogP contribution >= 0.6 is 0 Å². The van der Waals surface area contributed by atoms with Crippen LogP contribution in [0.1, 0.15) is 11.3 Å². The largest absolute Gasteiger partial charge is 0.390 e. The average molecular weight is 206 g/mol. The second kappa shape index (κ2) is 3.82. The summed E-state index contributed by atoms with van der Waals surface area (Å²) >= 11 is 0. The van der Waals surface area contributed by atoms with Crippen molar-refractivity contribution in [3.63, 3.8) is 0 Å². The van der Waals surface area contributed by atoms with Crippen molar-refractivity contribution in [3.8, 4) is 5.69 Å². The Labute approximate surface area is 86.8 Å². The topological polar surface area (TPSA) is 38.0 Å². The molecule has 2 rings (SSSR count). The Morgan fingerprint density at radius 2 is 2.20 bits per heavy atom. The highest BCUT2D eigenvalue weighted by atomic mass is 19.1. The van der Waals surface area contributed by atoms with Crippen molar-refractivity contribution in [2.24, 2.45) is 0 Å². The Bertz CT molecular complexity index is 479. The van der Waals surface area contributed by atoms with Gasteiger partial charge in [0.25, 0.3) is 0 Å². The van der Waals surface area contributed by atoms with E-state index in [0.29, 0.717) is 16.9 Å². The highest BCUT2D eigenvalue weighted by molar-refractivity contribution is 5.34. The molecule has 2 aromatic rings. The lowest BCUT2D eigenvalue weighted by molar-refractivity contribution is 0.276. The first-order chi connectivity index (χ1) is 7.20. The van der Waals surface area contributed by atoms with Gasteiger partial charge in [-0.3, -0.25) is 0 Å². The maximum absolute atomic E-state index is 13.3. The first kappa shape index (κ1) is 9.86. The Hall–Kier alpha value is -1.68. The van der Waals surface area contributed by atoms with Crippen molar-refractivity contribution in [1.29, 1.82) is 0 Å². The molecule has 0 unspecified atom stereocenters. The van der Waals surface area contributed by atoms with Gasteiger partial charge in [-0.25, -0.2) is 9.07 Å². The minimum atomic E-state index is -0.256. The minimum absolute atomic E-state index is 0.110. The number of aryl methyl sites for hydroxylation is 1. The van der Waals surface area contributed by atoms with E-state index in [1.165, 1.54) is 10.7 Å². The number of rotatable bonds is 2. The summed E-state index contributed by atoms with van der Waals surface area (Å²) in [5.74, 6) is -0.256. The molecule has 0 spiro atoms. The summed E-state index contributed by atoms with van der Waals surface area (Å²) < 4.78 is 14.8. The number of aromatic nitrogens is 2. The Morgan fingerprint density at radius 3 is 2.80 bits per heavy atom. The Balaban J connectivity index is 2.40. The van der Waals surface area contributed by atoms with Gasteiger partial charge < -0.3 is 5.11 Å². The molecule has 0 fully saturated rings. The molecule has 0 aliphatic rings. The van der Waals surface area contributed by atoms with Gasteiger partial charge in [-0.05, 0) is 30.7 Å². The van der Waals surface area contributed by atoms with Crippen LogP contribution in [-0.4, -0.2) is 14.9 Å². The van der Waals surface area contributed by atoms with Crippen molar-refractivity contribution >= 4 is 0 Å². The summed E-state index contributed by atoms with van der Waals surface area (Å²) in [6, 6.07) is 6.60. The summed E-state index contributed by atoms with van der Waals surface area (Å²) in [7, 11) is 0. The standard InChI is InChI=1S/C11H11FN2O/c1-8-2-3-10(6-11(8)12)14-5-4-9(7-15)13-14/h2-6,15H,7H2,1H3. The smallest absolute Gasteiger partial charge is 0.128 e. The van der Waals surface area contributed by atoms with E-state index < -0.39 is 0 Å². The maximum Gasteiger partial charge on any atom is 0.128 e. The minimum Gasteiger partial charge on any atom is -0.390 e. The highest BCUT2D eigenvalue weighted by Gasteiger charge is 2.03. The molecule has 0 saturated heterocycles. The average Bonchev–Trinajstić information content (AvgIpc) is 2.70. The third-order valence-electron chi connectivity index (χ3n) is 2.23. The van der Waals surface area contributed by atoms with E-state index >= 15 is 0 Å². The summed E-state index contributed by atoms with van der Waals surface area (Å²) in [6.45, 7) is 1.60. The first-order valence-corrected chi connectivity index (χ1v) is 4.62. The van der Waals surface area contributed by atoms with Gasteiger partial charge in [-0.1, -0.05) is 6.07 Å². The number of aliphatic hydroxyl groups is 1. The van der Waals surface area contributed by atoms with Crippen LogP contribution in [0, 0.1) is 12.7 Å². The molecule has 0 aliphatic carbocycles. The van der Waals surface area contributed by atoms with Crippen molar-refractivity contribution < 1.29 is 9.50 Å². The molecular formula is C11H11FN2O. The summed E-state index contributed by atoms with van der Waals surface area (Å²) in [5, 5.41) is 12.9. The van der Waals surface area contributed by atoms with Crippen LogP contribution in [-0.2, 0) is 6.61 Å². The zero-order valence-electron chi connectivity index (χ0n) is 8.31. The van der Waals surface area contributed by atoms with Gasteiger partial charge in [-0.15, -0.1) is 0 Å². The summed E-state index contributed by atoms with van der Waals surface area (Å²) in [5.41, 5.74) is 1.82. The van der Waals surface area contributed by atoms with Crippen LogP contribution in [0.15, 0.2) is 30.5 Å². The lowest BCUT2D eigenvalue weighted by Crippen LogP contribution is -1.97. The Morgan fingerprint density at radius 1 is 1.40 bits per heavy atom. The van der Waals surface area contributed by atoms with Crippen molar-refractivity contribution in [2.45, 2.75) is 13.5 Å². The van der Waals surface area contributed by atoms with Crippen LogP contribution in [0.25, 0.3) is 5.69 Å². The zero-order valence-corrected chi connectivity index (χ0v) is 8.31. The van der Waals surface area contributed by atoms with Crippen LogP contribution in [0.5, 0.6) is 0 Å². The van der Waals surface area contributed by atoms with Crippen molar-refractivity contribution in [1.82, 2.24) is 9.78 Å². The molecule has 15 heavy (non-hydrogen) atoms. The van der Waals surface area contributed by atoms with E-state index in [1.807, 2.05) is 0 Å². The first-order valence-electron chi connectivity index (χ1n) is 4.62. The van der Waals surface area contributed by atoms with Gasteiger partial charge >= 0.3 is 0 Å². The number of hydrogen-bond acceptors (Lipinski definition) is 2. The van der Waals surface area contributed by atoms with Gasteiger partial charge in [0.1, 0.15) is 5.82 Å². The SMILES string of the molecule is Cc1ccc(-n2ccc(CO)n2)cc1F. The number of benzene rings is 1. The van der Waals surface area contributed by atoms with E-state index in [4.69, 9.17) is 5.11 Å². The van der Waals surface area contributed by atoms with Crippen LogP contribution in [0.4, 0.5) is 4.39 Å². The van der Waals surface area contributed by atoms with E-state index in [2.05, 4.69) is 5.10 Å². The molecule has 0 amide bonds. The fourth-order valence-electron chi connectivity index (χ4n) is 1.31. The van der Waals surface area contributed by atoms with Gasteiger partial charge in [0.05, 0.1) is 18.0 Å². The quantitative estimate of drug-likeness (QED) is 0.813. The third-order valence-corrected chi connectivity index (χ3v) is 2.23. The predicted molar refractivity (Wildman–Crippen MR) is 54.2 cm³/mol. The van der Waals surface area contributed by atoms with Gasteiger partial charge in [0.15, 0.2) is 0 Å². The Kier molecular flexibility index (Phi) is 2.51. The van der Waals surface area contributed by atoms with Crippen molar-refractivity contribution in [2.75, 3.05) is 0 Å². The second-order valence-corrected chi connectivity index (χ2v) is 3.34. The molecule has 78 valence electrons. The predicted octanol–water partition coefficient (Wildman–Crippen LogP) is 1.81. The normalized spacial score (nSPS) is 10.6. The molecule has 1 aromatic carbocycles. The van der Waals surface area contributed by atoms with Gasteiger partial charge in [0.2, 0.25) is 0 Å². The number of hydrogen-bond donors (Lipinski definition) is 1. The highest BCUT2D eigenvalue weighted by Crippen LogP contribution is 2.13. The van der Waals surface area contributed by atoms with Crippen LogP contribution < -0.4 is 0 Å². The van der Waals surface area contributed by atoms with Crippen LogP contribution in [0.2, 0.25) is 0 Å². The molecule has 3 nitrogen and oxygen atoms in total. The third kappa shape index (κ3) is 1.89. The number of nitrogens with zero attached hydrogens (tertiary/aromatic N) is 2. The molecule has 0 bridgehead atoms. The molecule has 4 heteroatoms. The molecular weight excluding hydrogens is 195 g/mol. The molecule has 0 aliphatic heterocycles. The number of halogens is 1. The lowest BCUT2D eigenvalue weighted by Gasteiger charge is -2.02. The fraction of sp³-hybridized carbons (Fsp3) is 0.182. The zero-order chi connectivity index (χ0) is 10.8. The van der Waals surface area contributed by atoms with Gasteiger partial charge in [-0.2, -0.15) is 5.10 Å². The molecule has 0 radical (unpaired) electrons. The molecule has 0 saturated carbocycles. The molecule has 1 aromatic heterocycles. The van der Waals surface area contributed by atoms with Crippen LogP contribution in [0.3, 0.4) is 0 Å². The molecule has 1 heterocycles. The fourth-order valence-corrected chi connectivity index (χ4v) is 1.31. The molecule has 0 atom stereocenters. The van der Waals surface area contributed by atoms with Crippen molar-refractivity contribution in [3.05, 3.63) is 47.5 Å². The summed E-state index contributed by atoms with van der Waals surface area (Å²) in [6.07, 6.45) is 1.69. The van der Waals surface area contributed by atoms with E-state index in [-0.39, 0.29) is 12.4 Å². The number of aliphatic hydroxyl groups excluding tert-OH is 1. The maximum atomic E-state index is 13.3. The summed E-state index contributed by atoms with van der Waals surface area (Å²) in [4.78, 5) is 0. The molecule has 1 N–H and O–H groups in total. The van der Waals surface area contributed by atoms with Gasteiger partial charge in [0, 0.05) is 6.20 Å². The monoisotopic (exact) mass is 206 g/mol. The van der Waals surface area contributed by atoms with E-state index in [0.717, 1.165) is 0 Å². The second-order valence-electron chi connectivity index (χ2n) is 3.34. The van der Waals surface area contributed by atoms with E-state index in [1.54, 1.807) is 31.3 Å². The van der Waals surface area contributed by atoms with E-state index in [9.17, 15) is 4.39 Å². The lowest BCUT2D eigenvalue weighted by atomic mass is 10.2.